The van der Waals surface area contributed by atoms with Gasteiger partial charge in [-0.05, 0) is 155 Å². The Bertz CT molecular complexity index is 4570. The van der Waals surface area contributed by atoms with Crippen LogP contribution in [0.4, 0.5) is 0 Å². The minimum Gasteiger partial charge on any atom is -0.373 e. The lowest BCUT2D eigenvalue weighted by atomic mass is 9.65. The van der Waals surface area contributed by atoms with Crippen LogP contribution in [0.15, 0.2) is 218 Å². The number of fused-ring (bicyclic) bond motifs is 8. The maximum Gasteiger partial charge on any atom is 0.536 e. The van der Waals surface area contributed by atoms with Crippen LogP contribution in [-0.2, 0) is 48.2 Å². The Balaban J connectivity index is 1.35. The number of hydrogen-bond acceptors (Lipinski definition) is 6. The molecule has 0 atom stereocenters. The largest absolute Gasteiger partial charge is 0.536 e. The van der Waals surface area contributed by atoms with Gasteiger partial charge in [-0.2, -0.15) is 0 Å². The summed E-state index contributed by atoms with van der Waals surface area (Å²) in [4.78, 5) is 0. The van der Waals surface area contributed by atoms with Gasteiger partial charge in [-0.25, -0.2) is 0 Å². The molecule has 0 saturated heterocycles. The van der Waals surface area contributed by atoms with Crippen molar-refractivity contribution in [1.29, 1.82) is 0 Å². The maximum absolute atomic E-state index is 6.59. The van der Waals surface area contributed by atoms with Crippen molar-refractivity contribution in [2.45, 2.75) is 77.0 Å². The van der Waals surface area contributed by atoms with E-state index in [1.54, 1.807) is 42.7 Å². The van der Waals surface area contributed by atoms with Crippen LogP contribution in [0, 0.1) is 0 Å². The summed E-state index contributed by atoms with van der Waals surface area (Å²) in [7, 11) is 2.43. The number of hydrogen-bond donors (Lipinski definition) is 0. The van der Waals surface area contributed by atoms with E-state index in [-0.39, 0.29) is 0 Å². The van der Waals surface area contributed by atoms with Crippen molar-refractivity contribution in [3.05, 3.63) is 263 Å². The van der Waals surface area contributed by atoms with Gasteiger partial charge in [0, 0.05) is 74.7 Å². The van der Waals surface area contributed by atoms with Crippen LogP contribution in [0.5, 0.6) is 0 Å². The van der Waals surface area contributed by atoms with Crippen LogP contribution in [0.3, 0.4) is 0 Å². The Hall–Kier alpha value is -7.87. The first-order valence-electron chi connectivity index (χ1n) is 30.6. The lowest BCUT2D eigenvalue weighted by molar-refractivity contribution is 0.135. The predicted octanol–water partition coefficient (Wildman–Crippen LogP) is 18.4. The molecule has 0 unspecified atom stereocenters. The summed E-state index contributed by atoms with van der Waals surface area (Å²) in [6.45, 7) is 19.4. The molecular formula is C80H78O6Si2. The number of rotatable bonds is 16. The minimum absolute atomic E-state index is 0.543. The van der Waals surface area contributed by atoms with Crippen molar-refractivity contribution in [1.82, 2.24) is 0 Å². The van der Waals surface area contributed by atoms with Crippen LogP contribution in [0.25, 0.3) is 86.2 Å². The van der Waals surface area contributed by atoms with Crippen LogP contribution < -0.4 is 10.4 Å². The first-order valence-corrected chi connectivity index (χ1v) is 34.0. The van der Waals surface area contributed by atoms with E-state index in [2.05, 4.69) is 274 Å². The molecule has 0 aromatic heterocycles. The lowest BCUT2D eigenvalue weighted by Crippen LogP contribution is -2.68. The molecule has 13 rings (SSSR count). The molecule has 6 nitrogen and oxygen atoms in total. The van der Waals surface area contributed by atoms with E-state index in [9.17, 15) is 0 Å². The minimum atomic E-state index is -3.80. The highest BCUT2D eigenvalue weighted by Crippen LogP contribution is 2.55. The Kier molecular flexibility index (Phi) is 14.8. The zero-order valence-corrected chi connectivity index (χ0v) is 55.2. The van der Waals surface area contributed by atoms with Gasteiger partial charge < -0.3 is 26.6 Å². The molecule has 13 aromatic carbocycles. The van der Waals surface area contributed by atoms with Gasteiger partial charge in [0.1, 0.15) is 0 Å². The molecule has 0 radical (unpaired) electrons. The monoisotopic (exact) mass is 1190 g/mol. The molecule has 0 N–H and O–H groups in total. The van der Waals surface area contributed by atoms with Crippen molar-refractivity contribution in [3.63, 3.8) is 0 Å². The number of benzene rings is 13. The highest BCUT2D eigenvalue weighted by atomic mass is 28.4. The zero-order valence-electron chi connectivity index (χ0n) is 53.2. The molecule has 8 heteroatoms. The average Bonchev–Trinajstić information content (AvgIpc) is 0.698. The molecule has 0 aliphatic carbocycles. The van der Waals surface area contributed by atoms with Gasteiger partial charge in [-0.15, -0.1) is 0 Å². The summed E-state index contributed by atoms with van der Waals surface area (Å²) >= 11 is 0. The van der Waals surface area contributed by atoms with Crippen LogP contribution in [-0.4, -0.2) is 60.3 Å². The van der Waals surface area contributed by atoms with E-state index in [0.29, 0.717) is 0 Å². The molecule has 442 valence electrons. The molecule has 0 amide bonds. The van der Waals surface area contributed by atoms with Crippen LogP contribution in [0.2, 0.25) is 0 Å². The van der Waals surface area contributed by atoms with Gasteiger partial charge in [-0.3, -0.25) is 0 Å². The molecule has 88 heavy (non-hydrogen) atoms. The average molecular weight is 1190 g/mol. The molecule has 0 bridgehead atoms. The maximum atomic E-state index is 6.59. The molecule has 0 fully saturated rings. The van der Waals surface area contributed by atoms with Gasteiger partial charge in [-0.1, -0.05) is 250 Å². The molecule has 0 saturated carbocycles. The predicted molar refractivity (Wildman–Crippen MR) is 374 cm³/mol. The van der Waals surface area contributed by atoms with Crippen molar-refractivity contribution in [2.24, 2.45) is 0 Å². The topological polar surface area (TPSA) is 55.4 Å². The summed E-state index contributed by atoms with van der Waals surface area (Å²) in [5, 5.41) is 20.3. The second-order valence-electron chi connectivity index (χ2n) is 25.9. The highest BCUT2D eigenvalue weighted by molar-refractivity contribution is 6.86. The van der Waals surface area contributed by atoms with Gasteiger partial charge in [0.05, 0.1) is 0 Å². The summed E-state index contributed by atoms with van der Waals surface area (Å²) in [6.07, 6.45) is 0. The van der Waals surface area contributed by atoms with E-state index >= 15 is 0 Å². The molecule has 13 aromatic rings. The van der Waals surface area contributed by atoms with Gasteiger partial charge in [0.25, 0.3) is 0 Å². The molecule has 0 spiro atoms. The first-order chi connectivity index (χ1) is 42.4. The van der Waals surface area contributed by atoms with Crippen molar-refractivity contribution < 1.29 is 26.6 Å². The van der Waals surface area contributed by atoms with Gasteiger partial charge in [0.2, 0.25) is 0 Å². The Morgan fingerprint density at radius 3 is 0.648 bits per heavy atom. The SMILES string of the molecule is CO[Si](OC)(OC)c1cc2c(C(C)(C)c3cccc4ccccc34)c3cc4c(C(C)(C)c5cccc6ccccc56)c5ccccc5c(C(C)(C)c5cccc6ccccc56)c4cc3c(C(C)(C)c3cccc4ccccc34)c2cc1[Si](OC)(OC)OC. The third-order valence-electron chi connectivity index (χ3n) is 20.0. The molecular weight excluding hydrogens is 1110 g/mol. The first kappa shape index (κ1) is 59.1. The molecule has 0 heterocycles. The standard InChI is InChI=1S/C80H78O6Si2/c1-77(2,67-43-25-33-51-29-15-19-37-55(51)67)73-59-41-23-24-42-60(59)74(78(3,4)68-44-26-34-52-30-16-20-38-56(52)68)62-48-64-63(47-61(62)73)75(79(5,6)69-45-27-35-53-31-17-21-39-57(53)69)65-49-71(87(81-9,82-10)83-11)72(88(84-12,85-13)86-14)50-66(65)76(64)80(7,8)70-46-28-36-54-32-18-22-40-58(54)70/h15-50H,1-14H3. The second kappa shape index (κ2) is 22.0. The zero-order chi connectivity index (χ0) is 61.7. The smallest absolute Gasteiger partial charge is 0.373 e. The summed E-state index contributed by atoms with van der Waals surface area (Å²) in [5.41, 5.74) is 7.35. The molecule has 0 aliphatic heterocycles. The third kappa shape index (κ3) is 8.85. The van der Waals surface area contributed by atoms with E-state index in [0.717, 1.165) is 43.0 Å². The fourth-order valence-electron chi connectivity index (χ4n) is 15.9. The van der Waals surface area contributed by atoms with Gasteiger partial charge in [0.15, 0.2) is 0 Å². The fraction of sp³-hybridized carbons (Fsp3) is 0.225. The Labute approximate surface area is 520 Å². The fourth-order valence-corrected chi connectivity index (χ4v) is 20.6. The van der Waals surface area contributed by atoms with Crippen LogP contribution >= 0.6 is 0 Å². The lowest BCUT2D eigenvalue weighted by Gasteiger charge is -2.39. The van der Waals surface area contributed by atoms with Crippen LogP contribution in [0.1, 0.15) is 99.9 Å². The summed E-state index contributed by atoms with van der Waals surface area (Å²) < 4.78 is 39.6. The summed E-state index contributed by atoms with van der Waals surface area (Å²) in [5.74, 6) is 0. The quantitative estimate of drug-likeness (QED) is 0.0710. The Morgan fingerprint density at radius 2 is 0.409 bits per heavy atom. The van der Waals surface area contributed by atoms with Crippen molar-refractivity contribution in [2.75, 3.05) is 42.7 Å². The van der Waals surface area contributed by atoms with Gasteiger partial charge >= 0.3 is 17.6 Å². The van der Waals surface area contributed by atoms with E-state index in [1.165, 1.54) is 98.0 Å². The normalized spacial score (nSPS) is 13.2. The van der Waals surface area contributed by atoms with Crippen molar-refractivity contribution in [3.8, 4) is 0 Å². The Morgan fingerprint density at radius 1 is 0.216 bits per heavy atom. The van der Waals surface area contributed by atoms with E-state index < -0.39 is 39.3 Å². The van der Waals surface area contributed by atoms with E-state index in [1.807, 2.05) is 0 Å². The molecule has 0 aliphatic rings. The van der Waals surface area contributed by atoms with Crippen molar-refractivity contribution >= 4 is 114 Å². The summed E-state index contributed by atoms with van der Waals surface area (Å²) in [6, 6.07) is 81.6. The highest BCUT2D eigenvalue weighted by Gasteiger charge is 2.53. The second-order valence-corrected chi connectivity index (χ2v) is 31.6. The van der Waals surface area contributed by atoms with E-state index in [4.69, 9.17) is 26.6 Å². The third-order valence-corrected chi connectivity index (χ3v) is 25.6.